The van der Waals surface area contributed by atoms with Crippen LogP contribution in [0.25, 0.3) is 0 Å². The molecule has 0 saturated heterocycles. The molecule has 0 aliphatic heterocycles. The normalized spacial score (nSPS) is 13.2. The summed E-state index contributed by atoms with van der Waals surface area (Å²) in [5.74, 6) is -1.81. The van der Waals surface area contributed by atoms with Gasteiger partial charge in [0, 0.05) is 0 Å². The molecule has 0 aromatic heterocycles. The highest BCUT2D eigenvalue weighted by atomic mass is 31.2. The van der Waals surface area contributed by atoms with E-state index in [1.807, 2.05) is 0 Å². The standard InChI is InChI=1S/C10H19O6P/c1-4-6-9(17(12,13)14)16-7-8(3)10(11)15-5-2/h9H,3-7H2,1-2H3,(H2,12,13,14). The lowest BCUT2D eigenvalue weighted by Gasteiger charge is -2.18. The summed E-state index contributed by atoms with van der Waals surface area (Å²) in [5.41, 5.74) is 0.0430. The number of hydrogen-bond acceptors (Lipinski definition) is 4. The van der Waals surface area contributed by atoms with Gasteiger partial charge in [-0.3, -0.25) is 4.57 Å². The third-order valence-electron chi connectivity index (χ3n) is 1.92. The van der Waals surface area contributed by atoms with Gasteiger partial charge in [0.2, 0.25) is 0 Å². The predicted octanol–water partition coefficient (Wildman–Crippen LogP) is 1.43. The lowest BCUT2D eigenvalue weighted by atomic mass is 10.3. The van der Waals surface area contributed by atoms with E-state index < -0.39 is 19.4 Å². The zero-order chi connectivity index (χ0) is 13.5. The van der Waals surface area contributed by atoms with Gasteiger partial charge in [-0.2, -0.15) is 0 Å². The van der Waals surface area contributed by atoms with Crippen molar-refractivity contribution < 1.29 is 28.6 Å². The Bertz CT molecular complexity index is 308. The van der Waals surface area contributed by atoms with E-state index in [0.29, 0.717) is 6.42 Å². The average Bonchev–Trinajstić information content (AvgIpc) is 2.22. The van der Waals surface area contributed by atoms with E-state index >= 15 is 0 Å². The van der Waals surface area contributed by atoms with Gasteiger partial charge in [0.15, 0.2) is 5.85 Å². The zero-order valence-corrected chi connectivity index (χ0v) is 11.0. The molecule has 0 aliphatic carbocycles. The topological polar surface area (TPSA) is 93.1 Å². The summed E-state index contributed by atoms with van der Waals surface area (Å²) in [5, 5.41) is 0. The van der Waals surface area contributed by atoms with Crippen molar-refractivity contribution >= 4 is 13.6 Å². The Morgan fingerprint density at radius 1 is 1.41 bits per heavy atom. The van der Waals surface area contributed by atoms with Crippen LogP contribution < -0.4 is 0 Å². The summed E-state index contributed by atoms with van der Waals surface area (Å²) in [6.07, 6.45) is 0.794. The molecule has 2 N–H and O–H groups in total. The summed E-state index contributed by atoms with van der Waals surface area (Å²) >= 11 is 0. The smallest absolute Gasteiger partial charge is 0.354 e. The first-order chi connectivity index (χ1) is 7.82. The Balaban J connectivity index is 4.27. The predicted molar refractivity (Wildman–Crippen MR) is 62.5 cm³/mol. The van der Waals surface area contributed by atoms with Crippen LogP contribution in [-0.4, -0.2) is 34.8 Å². The van der Waals surface area contributed by atoms with Gasteiger partial charge in [0.25, 0.3) is 0 Å². The van der Waals surface area contributed by atoms with E-state index in [1.54, 1.807) is 13.8 Å². The van der Waals surface area contributed by atoms with Gasteiger partial charge in [-0.15, -0.1) is 0 Å². The maximum Gasteiger partial charge on any atom is 0.354 e. The molecule has 0 heterocycles. The molecule has 0 radical (unpaired) electrons. The summed E-state index contributed by atoms with van der Waals surface area (Å²) in [6.45, 7) is 6.85. The van der Waals surface area contributed by atoms with Crippen LogP contribution in [0.3, 0.4) is 0 Å². The Morgan fingerprint density at radius 2 is 2.00 bits per heavy atom. The van der Waals surface area contributed by atoms with Gasteiger partial charge < -0.3 is 19.3 Å². The van der Waals surface area contributed by atoms with Crippen molar-refractivity contribution in [1.29, 1.82) is 0 Å². The van der Waals surface area contributed by atoms with Crippen LogP contribution in [0.5, 0.6) is 0 Å². The second-order valence-electron chi connectivity index (χ2n) is 3.47. The molecule has 0 aliphatic rings. The quantitative estimate of drug-likeness (QED) is 0.392. The number of carbonyl (C=O) groups is 1. The van der Waals surface area contributed by atoms with E-state index in [4.69, 9.17) is 14.5 Å². The minimum atomic E-state index is -4.31. The number of carbonyl (C=O) groups excluding carboxylic acids is 1. The van der Waals surface area contributed by atoms with Crippen molar-refractivity contribution in [2.24, 2.45) is 0 Å². The van der Waals surface area contributed by atoms with Crippen LogP contribution in [-0.2, 0) is 18.8 Å². The molecule has 7 heteroatoms. The van der Waals surface area contributed by atoms with Gasteiger partial charge in [-0.25, -0.2) is 4.79 Å². The van der Waals surface area contributed by atoms with Gasteiger partial charge in [-0.05, 0) is 13.3 Å². The molecule has 0 fully saturated rings. The third-order valence-corrected chi connectivity index (χ3v) is 3.08. The largest absolute Gasteiger partial charge is 0.463 e. The lowest BCUT2D eigenvalue weighted by molar-refractivity contribution is -0.139. The maximum absolute atomic E-state index is 11.2. The average molecular weight is 266 g/mol. The maximum atomic E-state index is 11.2. The molecular weight excluding hydrogens is 247 g/mol. The highest BCUT2D eigenvalue weighted by molar-refractivity contribution is 7.52. The molecule has 1 atom stereocenters. The zero-order valence-electron chi connectivity index (χ0n) is 10.1. The van der Waals surface area contributed by atoms with E-state index in [1.165, 1.54) is 0 Å². The molecule has 6 nitrogen and oxygen atoms in total. The van der Waals surface area contributed by atoms with Crippen LogP contribution in [0.15, 0.2) is 12.2 Å². The van der Waals surface area contributed by atoms with Crippen LogP contribution >= 0.6 is 7.60 Å². The van der Waals surface area contributed by atoms with Gasteiger partial charge in [-0.1, -0.05) is 19.9 Å². The van der Waals surface area contributed by atoms with Crippen molar-refractivity contribution in [3.05, 3.63) is 12.2 Å². The first-order valence-corrected chi connectivity index (χ1v) is 7.02. The molecule has 0 rings (SSSR count). The Kier molecular flexibility index (Phi) is 7.30. The molecule has 0 amide bonds. The first-order valence-electron chi connectivity index (χ1n) is 5.34. The SMILES string of the molecule is C=C(COC(CCC)P(=O)(O)O)C(=O)OCC. The van der Waals surface area contributed by atoms with Gasteiger partial charge in [0.1, 0.15) is 0 Å². The second kappa shape index (κ2) is 7.61. The van der Waals surface area contributed by atoms with Crippen molar-refractivity contribution in [3.63, 3.8) is 0 Å². The van der Waals surface area contributed by atoms with Crippen LogP contribution in [0.1, 0.15) is 26.7 Å². The fourth-order valence-electron chi connectivity index (χ4n) is 1.08. The molecule has 0 aromatic rings. The van der Waals surface area contributed by atoms with Crippen LogP contribution in [0, 0.1) is 0 Å². The summed E-state index contributed by atoms with van der Waals surface area (Å²) < 4.78 is 20.7. The Hall–Kier alpha value is -0.680. The van der Waals surface area contributed by atoms with Crippen LogP contribution in [0.2, 0.25) is 0 Å². The summed E-state index contributed by atoms with van der Waals surface area (Å²) in [6, 6.07) is 0. The van der Waals surface area contributed by atoms with Crippen molar-refractivity contribution in [1.82, 2.24) is 0 Å². The Labute approximate surface area is 101 Å². The molecule has 0 aromatic carbocycles. The molecule has 0 saturated carbocycles. The molecule has 100 valence electrons. The molecular formula is C10H19O6P. The van der Waals surface area contributed by atoms with Crippen LogP contribution in [0.4, 0.5) is 0 Å². The second-order valence-corrected chi connectivity index (χ2v) is 5.22. The van der Waals surface area contributed by atoms with E-state index in [0.717, 1.165) is 0 Å². The van der Waals surface area contributed by atoms with E-state index in [2.05, 4.69) is 11.3 Å². The minimum Gasteiger partial charge on any atom is -0.463 e. The number of ether oxygens (including phenoxy) is 2. The van der Waals surface area contributed by atoms with Gasteiger partial charge in [0.05, 0.1) is 18.8 Å². The Morgan fingerprint density at radius 3 is 2.41 bits per heavy atom. The summed E-state index contributed by atoms with van der Waals surface area (Å²) in [7, 11) is -4.31. The van der Waals surface area contributed by atoms with E-state index in [-0.39, 0.29) is 25.2 Å². The van der Waals surface area contributed by atoms with Crippen molar-refractivity contribution in [2.45, 2.75) is 32.5 Å². The van der Waals surface area contributed by atoms with E-state index in [9.17, 15) is 9.36 Å². The minimum absolute atomic E-state index is 0.0430. The van der Waals surface area contributed by atoms with Crippen molar-refractivity contribution in [2.75, 3.05) is 13.2 Å². The van der Waals surface area contributed by atoms with Gasteiger partial charge >= 0.3 is 13.6 Å². The number of hydrogen-bond donors (Lipinski definition) is 2. The fraction of sp³-hybridized carbons (Fsp3) is 0.700. The molecule has 0 bridgehead atoms. The third kappa shape index (κ3) is 6.58. The number of esters is 1. The fourth-order valence-corrected chi connectivity index (χ4v) is 1.95. The summed E-state index contributed by atoms with van der Waals surface area (Å²) in [4.78, 5) is 29.2. The lowest BCUT2D eigenvalue weighted by Crippen LogP contribution is -2.18. The number of rotatable bonds is 8. The highest BCUT2D eigenvalue weighted by Crippen LogP contribution is 2.44. The molecule has 1 unspecified atom stereocenters. The molecule has 0 spiro atoms. The first kappa shape index (κ1) is 16.3. The van der Waals surface area contributed by atoms with Crippen molar-refractivity contribution in [3.8, 4) is 0 Å². The highest BCUT2D eigenvalue weighted by Gasteiger charge is 2.29. The molecule has 17 heavy (non-hydrogen) atoms. The monoisotopic (exact) mass is 266 g/mol.